The van der Waals surface area contributed by atoms with Gasteiger partial charge in [-0.2, -0.15) is 0 Å². The minimum atomic E-state index is 0.198. The summed E-state index contributed by atoms with van der Waals surface area (Å²) in [5.41, 5.74) is 5.09. The second-order valence-electron chi connectivity index (χ2n) is 6.80. The lowest BCUT2D eigenvalue weighted by Gasteiger charge is -2.17. The fourth-order valence-electron chi connectivity index (χ4n) is 3.52. The largest absolute Gasteiger partial charge is 0.388 e. The van der Waals surface area contributed by atoms with Crippen LogP contribution in [0.25, 0.3) is 0 Å². The first-order chi connectivity index (χ1) is 12.0. The van der Waals surface area contributed by atoms with Crippen molar-refractivity contribution in [3.05, 3.63) is 40.5 Å². The highest BCUT2D eigenvalue weighted by Crippen LogP contribution is 2.28. The van der Waals surface area contributed by atoms with E-state index in [2.05, 4.69) is 21.5 Å². The second-order valence-corrected chi connectivity index (χ2v) is 6.80. The molecule has 1 aliphatic rings. The molecule has 6 nitrogen and oxygen atoms in total. The minimum absolute atomic E-state index is 0.198. The maximum atomic E-state index is 12.6. The van der Waals surface area contributed by atoms with Crippen LogP contribution in [0.2, 0.25) is 0 Å². The van der Waals surface area contributed by atoms with Gasteiger partial charge in [-0.15, -0.1) is 0 Å². The summed E-state index contributed by atoms with van der Waals surface area (Å²) in [6, 6.07) is 4.13. The highest BCUT2D eigenvalue weighted by Gasteiger charge is 2.28. The highest BCUT2D eigenvalue weighted by atomic mass is 16.5. The standard InChI is InChI=1S/C19H26N4O2/c1-12-9-16(20-4)10-18(21-12)15-7-8-23(11-15)19(24)6-5-17-13(2)22-25-14(17)3/h9-10,15H,5-8,11H2,1-4H3,(H,20,21)/t15-/m0/s1. The summed E-state index contributed by atoms with van der Waals surface area (Å²) in [5.74, 6) is 1.33. The quantitative estimate of drug-likeness (QED) is 0.904. The zero-order valence-electron chi connectivity index (χ0n) is 15.4. The van der Waals surface area contributed by atoms with Gasteiger partial charge >= 0.3 is 0 Å². The van der Waals surface area contributed by atoms with Crippen LogP contribution in [-0.4, -0.2) is 41.1 Å². The Morgan fingerprint density at radius 3 is 2.84 bits per heavy atom. The van der Waals surface area contributed by atoms with Crippen molar-refractivity contribution in [2.24, 2.45) is 0 Å². The molecule has 1 N–H and O–H groups in total. The van der Waals surface area contributed by atoms with Crippen LogP contribution in [0.15, 0.2) is 16.7 Å². The second kappa shape index (κ2) is 7.25. The zero-order valence-corrected chi connectivity index (χ0v) is 15.4. The van der Waals surface area contributed by atoms with E-state index in [-0.39, 0.29) is 5.91 Å². The lowest BCUT2D eigenvalue weighted by atomic mass is 10.0. The third-order valence-electron chi connectivity index (χ3n) is 4.99. The predicted octanol–water partition coefficient (Wildman–Crippen LogP) is 2.99. The molecular weight excluding hydrogens is 316 g/mol. The van der Waals surface area contributed by atoms with Gasteiger partial charge in [-0.1, -0.05) is 5.16 Å². The van der Waals surface area contributed by atoms with E-state index < -0.39 is 0 Å². The number of aromatic nitrogens is 2. The first-order valence-corrected chi connectivity index (χ1v) is 8.83. The van der Waals surface area contributed by atoms with Gasteiger partial charge < -0.3 is 14.7 Å². The predicted molar refractivity (Wildman–Crippen MR) is 96.8 cm³/mol. The fourth-order valence-corrected chi connectivity index (χ4v) is 3.52. The molecule has 1 fully saturated rings. The minimum Gasteiger partial charge on any atom is -0.388 e. The third kappa shape index (κ3) is 3.83. The molecule has 1 amide bonds. The molecule has 6 heteroatoms. The van der Waals surface area contributed by atoms with Crippen LogP contribution in [-0.2, 0) is 11.2 Å². The van der Waals surface area contributed by atoms with Gasteiger partial charge in [0, 0.05) is 55.1 Å². The number of hydrogen-bond donors (Lipinski definition) is 1. The molecule has 3 rings (SSSR count). The summed E-state index contributed by atoms with van der Waals surface area (Å²) in [6.45, 7) is 7.38. The summed E-state index contributed by atoms with van der Waals surface area (Å²) in [7, 11) is 1.91. The SMILES string of the molecule is CNc1cc(C)nc([C@H]2CCN(C(=O)CCc3c(C)noc3C)C2)c1. The van der Waals surface area contributed by atoms with E-state index >= 15 is 0 Å². The molecule has 0 aliphatic carbocycles. The smallest absolute Gasteiger partial charge is 0.222 e. The molecule has 1 aliphatic heterocycles. The number of amides is 1. The van der Waals surface area contributed by atoms with E-state index in [0.717, 1.165) is 53.6 Å². The Bertz CT molecular complexity index is 749. The van der Waals surface area contributed by atoms with Gasteiger partial charge in [-0.25, -0.2) is 0 Å². The molecule has 0 bridgehead atoms. The van der Waals surface area contributed by atoms with Crippen molar-refractivity contribution in [2.45, 2.75) is 46.0 Å². The monoisotopic (exact) mass is 342 g/mol. The molecule has 134 valence electrons. The number of nitrogens with zero attached hydrogens (tertiary/aromatic N) is 3. The Balaban J connectivity index is 1.60. The lowest BCUT2D eigenvalue weighted by Crippen LogP contribution is -2.28. The average molecular weight is 342 g/mol. The number of pyridine rings is 1. The Hall–Kier alpha value is -2.37. The first-order valence-electron chi connectivity index (χ1n) is 8.83. The third-order valence-corrected chi connectivity index (χ3v) is 4.99. The maximum absolute atomic E-state index is 12.6. The number of likely N-dealkylation sites (tertiary alicyclic amines) is 1. The molecule has 0 unspecified atom stereocenters. The van der Waals surface area contributed by atoms with Crippen molar-refractivity contribution in [1.29, 1.82) is 0 Å². The number of nitrogens with one attached hydrogen (secondary N) is 1. The molecular formula is C19H26N4O2. The molecule has 1 saturated heterocycles. The summed E-state index contributed by atoms with van der Waals surface area (Å²) >= 11 is 0. The van der Waals surface area contributed by atoms with Crippen molar-refractivity contribution < 1.29 is 9.32 Å². The Kier molecular flexibility index (Phi) is 5.06. The van der Waals surface area contributed by atoms with E-state index in [4.69, 9.17) is 4.52 Å². The highest BCUT2D eigenvalue weighted by molar-refractivity contribution is 5.77. The number of carbonyl (C=O) groups excluding carboxylic acids is 1. The number of aryl methyl sites for hydroxylation is 3. The molecule has 25 heavy (non-hydrogen) atoms. The molecule has 3 heterocycles. The number of hydrogen-bond acceptors (Lipinski definition) is 5. The van der Waals surface area contributed by atoms with E-state index in [9.17, 15) is 4.79 Å². The fraction of sp³-hybridized carbons (Fsp3) is 0.526. The Labute approximate surface area is 148 Å². The summed E-state index contributed by atoms with van der Waals surface area (Å²) in [4.78, 5) is 19.2. The van der Waals surface area contributed by atoms with Gasteiger partial charge in [-0.3, -0.25) is 9.78 Å². The van der Waals surface area contributed by atoms with Crippen LogP contribution in [0.5, 0.6) is 0 Å². The van der Waals surface area contributed by atoms with Crippen molar-refractivity contribution in [1.82, 2.24) is 15.0 Å². The van der Waals surface area contributed by atoms with Crippen molar-refractivity contribution >= 4 is 11.6 Å². The van der Waals surface area contributed by atoms with Gasteiger partial charge in [0.1, 0.15) is 5.76 Å². The topological polar surface area (TPSA) is 71.3 Å². The van der Waals surface area contributed by atoms with E-state index in [0.29, 0.717) is 18.8 Å². The molecule has 0 spiro atoms. The van der Waals surface area contributed by atoms with Gasteiger partial charge in [0.15, 0.2) is 0 Å². The zero-order chi connectivity index (χ0) is 18.0. The van der Waals surface area contributed by atoms with E-state index in [1.807, 2.05) is 38.8 Å². The average Bonchev–Trinajstić information content (AvgIpc) is 3.20. The maximum Gasteiger partial charge on any atom is 0.222 e. The van der Waals surface area contributed by atoms with Crippen LogP contribution in [0.3, 0.4) is 0 Å². The molecule has 0 radical (unpaired) electrons. The number of anilines is 1. The van der Waals surface area contributed by atoms with Crippen molar-refractivity contribution in [2.75, 3.05) is 25.5 Å². The van der Waals surface area contributed by atoms with Gasteiger partial charge in [-0.05, 0) is 45.7 Å². The molecule has 0 saturated carbocycles. The van der Waals surface area contributed by atoms with Crippen LogP contribution in [0.1, 0.15) is 47.2 Å². The van der Waals surface area contributed by atoms with Gasteiger partial charge in [0.05, 0.1) is 5.69 Å². The molecule has 2 aromatic rings. The van der Waals surface area contributed by atoms with Crippen LogP contribution >= 0.6 is 0 Å². The number of rotatable bonds is 5. The van der Waals surface area contributed by atoms with E-state index in [1.54, 1.807) is 0 Å². The molecule has 0 aromatic carbocycles. The van der Waals surface area contributed by atoms with Crippen LogP contribution < -0.4 is 5.32 Å². The normalized spacial score (nSPS) is 17.1. The van der Waals surface area contributed by atoms with Crippen LogP contribution in [0, 0.1) is 20.8 Å². The number of carbonyl (C=O) groups is 1. The lowest BCUT2D eigenvalue weighted by molar-refractivity contribution is -0.130. The van der Waals surface area contributed by atoms with Crippen molar-refractivity contribution in [3.63, 3.8) is 0 Å². The van der Waals surface area contributed by atoms with Gasteiger partial charge in [0.25, 0.3) is 0 Å². The Morgan fingerprint density at radius 2 is 2.16 bits per heavy atom. The van der Waals surface area contributed by atoms with Gasteiger partial charge in [0.2, 0.25) is 5.91 Å². The Morgan fingerprint density at radius 1 is 1.36 bits per heavy atom. The van der Waals surface area contributed by atoms with Crippen molar-refractivity contribution in [3.8, 4) is 0 Å². The summed E-state index contributed by atoms with van der Waals surface area (Å²) in [5, 5.41) is 7.13. The first kappa shape index (κ1) is 17.5. The van der Waals surface area contributed by atoms with E-state index in [1.165, 1.54) is 0 Å². The molecule has 1 atom stereocenters. The van der Waals surface area contributed by atoms with Crippen LogP contribution in [0.4, 0.5) is 5.69 Å². The molecule has 2 aromatic heterocycles. The summed E-state index contributed by atoms with van der Waals surface area (Å²) in [6.07, 6.45) is 2.16. The summed E-state index contributed by atoms with van der Waals surface area (Å²) < 4.78 is 5.17.